The van der Waals surface area contributed by atoms with Crippen molar-refractivity contribution in [3.8, 4) is 0 Å². The number of rotatable bonds is 6. The highest BCUT2D eigenvalue weighted by molar-refractivity contribution is 7.89. The number of carboxylic acid groups (broad SMARTS) is 1. The number of aromatic nitrogens is 2. The van der Waals surface area contributed by atoms with Crippen LogP contribution in [-0.4, -0.2) is 36.2 Å². The number of aryl methyl sites for hydroxylation is 2. The summed E-state index contributed by atoms with van der Waals surface area (Å²) in [5, 5.41) is 12.4. The number of aromatic carboxylic acids is 1. The molecular formula is C11H13N3O6S. The number of hydrogen-bond donors (Lipinski definition) is 2. The van der Waals surface area contributed by atoms with Gasteiger partial charge >= 0.3 is 5.97 Å². The maximum absolute atomic E-state index is 12.1. The van der Waals surface area contributed by atoms with Crippen LogP contribution < -0.4 is 4.72 Å². The lowest BCUT2D eigenvalue weighted by Crippen LogP contribution is -2.26. The summed E-state index contributed by atoms with van der Waals surface area (Å²) in [6.07, 6.45) is 0.249. The Hall–Kier alpha value is -2.20. The lowest BCUT2D eigenvalue weighted by atomic mass is 10.4. The van der Waals surface area contributed by atoms with Crippen molar-refractivity contribution in [3.05, 3.63) is 29.3 Å². The molecule has 0 fully saturated rings. The van der Waals surface area contributed by atoms with E-state index in [0.717, 1.165) is 6.07 Å². The van der Waals surface area contributed by atoms with Gasteiger partial charge in [0.1, 0.15) is 10.7 Å². The zero-order chi connectivity index (χ0) is 15.6. The molecule has 2 rings (SSSR count). The molecule has 2 heterocycles. The third kappa shape index (κ3) is 3.47. The van der Waals surface area contributed by atoms with Gasteiger partial charge in [0.05, 0.1) is 0 Å². The molecule has 0 amide bonds. The van der Waals surface area contributed by atoms with Crippen molar-refractivity contribution in [2.75, 3.05) is 6.54 Å². The van der Waals surface area contributed by atoms with E-state index in [1.54, 1.807) is 6.92 Å². The number of sulfonamides is 1. The first kappa shape index (κ1) is 15.2. The molecule has 0 aliphatic heterocycles. The van der Waals surface area contributed by atoms with Gasteiger partial charge in [-0.2, -0.15) is 4.98 Å². The van der Waals surface area contributed by atoms with Crippen LogP contribution in [0.2, 0.25) is 0 Å². The Bertz CT molecular complexity index is 761. The van der Waals surface area contributed by atoms with Crippen LogP contribution in [0.4, 0.5) is 0 Å². The molecule has 9 nitrogen and oxygen atoms in total. The van der Waals surface area contributed by atoms with Gasteiger partial charge in [0.2, 0.25) is 21.7 Å². The van der Waals surface area contributed by atoms with Gasteiger partial charge in [-0.1, -0.05) is 5.16 Å². The van der Waals surface area contributed by atoms with Crippen molar-refractivity contribution >= 4 is 16.0 Å². The Labute approximate surface area is 120 Å². The van der Waals surface area contributed by atoms with Crippen LogP contribution in [0.1, 0.15) is 28.0 Å². The van der Waals surface area contributed by atoms with Crippen molar-refractivity contribution < 1.29 is 27.3 Å². The lowest BCUT2D eigenvalue weighted by Gasteiger charge is -2.03. The third-order valence-electron chi connectivity index (χ3n) is 2.58. The van der Waals surface area contributed by atoms with Gasteiger partial charge in [0.25, 0.3) is 0 Å². The van der Waals surface area contributed by atoms with Crippen LogP contribution in [0.3, 0.4) is 0 Å². The average molecular weight is 315 g/mol. The summed E-state index contributed by atoms with van der Waals surface area (Å²) in [5.41, 5.74) is 0. The fraction of sp³-hybridized carbons (Fsp3) is 0.364. The van der Waals surface area contributed by atoms with Gasteiger partial charge < -0.3 is 14.0 Å². The van der Waals surface area contributed by atoms with Gasteiger partial charge in [0, 0.05) is 26.0 Å². The van der Waals surface area contributed by atoms with Crippen molar-refractivity contribution in [2.45, 2.75) is 25.2 Å². The van der Waals surface area contributed by atoms with Gasteiger partial charge in [-0.05, 0) is 6.92 Å². The maximum atomic E-state index is 12.1. The average Bonchev–Trinajstić information content (AvgIpc) is 2.96. The van der Waals surface area contributed by atoms with Crippen LogP contribution in [0.15, 0.2) is 19.9 Å². The summed E-state index contributed by atoms with van der Waals surface area (Å²) in [4.78, 5) is 14.5. The van der Waals surface area contributed by atoms with Gasteiger partial charge in [-0.25, -0.2) is 17.9 Å². The minimum Gasteiger partial charge on any atom is -0.475 e. The number of nitrogens with one attached hydrogen (secondary N) is 1. The number of hydrogen-bond acceptors (Lipinski definition) is 7. The molecule has 0 saturated heterocycles. The van der Waals surface area contributed by atoms with Crippen molar-refractivity contribution in [3.63, 3.8) is 0 Å². The van der Waals surface area contributed by atoms with E-state index in [4.69, 9.17) is 14.0 Å². The molecule has 0 aliphatic carbocycles. The van der Waals surface area contributed by atoms with Crippen molar-refractivity contribution in [1.29, 1.82) is 0 Å². The van der Waals surface area contributed by atoms with Crippen molar-refractivity contribution in [1.82, 2.24) is 14.9 Å². The molecule has 0 saturated carbocycles. The SMILES string of the molecule is Cc1nc(CCNS(=O)(=O)c2cc(C(=O)O)oc2C)no1. The monoisotopic (exact) mass is 315 g/mol. The molecule has 2 N–H and O–H groups in total. The predicted molar refractivity (Wildman–Crippen MR) is 68.3 cm³/mol. The first-order valence-corrected chi connectivity index (χ1v) is 7.40. The Morgan fingerprint density at radius 2 is 2.14 bits per heavy atom. The van der Waals surface area contributed by atoms with E-state index >= 15 is 0 Å². The Kier molecular flexibility index (Phi) is 4.09. The Balaban J connectivity index is 2.06. The summed E-state index contributed by atoms with van der Waals surface area (Å²) in [6, 6.07) is 0.971. The van der Waals surface area contributed by atoms with E-state index in [-0.39, 0.29) is 23.6 Å². The fourth-order valence-electron chi connectivity index (χ4n) is 1.66. The number of furan rings is 1. The van der Waals surface area contributed by atoms with Crippen LogP contribution in [0.25, 0.3) is 0 Å². The van der Waals surface area contributed by atoms with Gasteiger partial charge in [-0.3, -0.25) is 0 Å². The second-order valence-corrected chi connectivity index (χ2v) is 5.95. The van der Waals surface area contributed by atoms with Crippen LogP contribution in [-0.2, 0) is 16.4 Å². The summed E-state index contributed by atoms with van der Waals surface area (Å²) >= 11 is 0. The summed E-state index contributed by atoms with van der Waals surface area (Å²) in [5.74, 6) is -0.978. The van der Waals surface area contributed by atoms with Gasteiger partial charge in [-0.15, -0.1) is 0 Å². The largest absolute Gasteiger partial charge is 0.475 e. The highest BCUT2D eigenvalue weighted by atomic mass is 32.2. The molecule has 114 valence electrons. The minimum atomic E-state index is -3.86. The molecular weight excluding hydrogens is 302 g/mol. The van der Waals surface area contributed by atoms with Crippen LogP contribution in [0, 0.1) is 13.8 Å². The van der Waals surface area contributed by atoms with Crippen LogP contribution in [0.5, 0.6) is 0 Å². The quantitative estimate of drug-likeness (QED) is 0.786. The second kappa shape index (κ2) is 5.66. The standard InChI is InChI=1S/C11H13N3O6S/c1-6-9(5-8(19-6)11(15)16)21(17,18)12-4-3-10-13-7(2)20-14-10/h5,12H,3-4H2,1-2H3,(H,15,16). The summed E-state index contributed by atoms with van der Waals surface area (Å²) in [6.45, 7) is 3.06. The van der Waals surface area contributed by atoms with E-state index in [2.05, 4.69) is 14.9 Å². The Morgan fingerprint density at radius 3 is 2.67 bits per heavy atom. The highest BCUT2D eigenvalue weighted by Crippen LogP contribution is 2.19. The van der Waals surface area contributed by atoms with Gasteiger partial charge in [0.15, 0.2) is 5.82 Å². The zero-order valence-electron chi connectivity index (χ0n) is 11.3. The van der Waals surface area contributed by atoms with E-state index in [0.29, 0.717) is 11.7 Å². The maximum Gasteiger partial charge on any atom is 0.371 e. The van der Waals surface area contributed by atoms with E-state index in [1.165, 1.54) is 6.92 Å². The molecule has 0 aromatic carbocycles. The van der Waals surface area contributed by atoms with E-state index in [1.807, 2.05) is 0 Å². The molecule has 21 heavy (non-hydrogen) atoms. The first-order chi connectivity index (χ1) is 9.79. The first-order valence-electron chi connectivity index (χ1n) is 5.92. The molecule has 0 unspecified atom stereocenters. The highest BCUT2D eigenvalue weighted by Gasteiger charge is 2.23. The van der Waals surface area contributed by atoms with Crippen LogP contribution >= 0.6 is 0 Å². The summed E-state index contributed by atoms with van der Waals surface area (Å²) in [7, 11) is -3.86. The third-order valence-corrected chi connectivity index (χ3v) is 4.15. The lowest BCUT2D eigenvalue weighted by molar-refractivity contribution is 0.0661. The van der Waals surface area contributed by atoms with Crippen molar-refractivity contribution in [2.24, 2.45) is 0 Å². The Morgan fingerprint density at radius 1 is 1.43 bits per heavy atom. The van der Waals surface area contributed by atoms with E-state index < -0.39 is 21.8 Å². The predicted octanol–water partition coefficient (Wildman–Crippen LogP) is 0.499. The number of nitrogens with zero attached hydrogens (tertiary/aromatic N) is 2. The molecule has 0 bridgehead atoms. The second-order valence-electron chi connectivity index (χ2n) is 4.21. The molecule has 2 aromatic rings. The number of carboxylic acids is 1. The normalized spacial score (nSPS) is 11.7. The summed E-state index contributed by atoms with van der Waals surface area (Å²) < 4.78 is 36.1. The molecule has 0 atom stereocenters. The molecule has 10 heteroatoms. The topological polar surface area (TPSA) is 136 Å². The molecule has 0 aliphatic rings. The van der Waals surface area contributed by atoms with E-state index in [9.17, 15) is 13.2 Å². The zero-order valence-corrected chi connectivity index (χ0v) is 12.1. The number of carbonyl (C=O) groups is 1. The molecule has 0 radical (unpaired) electrons. The molecule has 2 aromatic heterocycles. The minimum absolute atomic E-state index is 0.00954. The fourth-order valence-corrected chi connectivity index (χ4v) is 2.86. The smallest absolute Gasteiger partial charge is 0.371 e. The molecule has 0 spiro atoms.